The second-order valence-electron chi connectivity index (χ2n) is 5.62. The number of nitrogens with one attached hydrogen (secondary N) is 1. The Kier molecular flexibility index (Phi) is 4.40. The van der Waals surface area contributed by atoms with E-state index in [9.17, 15) is 4.79 Å². The van der Waals surface area contributed by atoms with E-state index in [-0.39, 0.29) is 11.8 Å². The highest BCUT2D eigenvalue weighted by Gasteiger charge is 2.30. The van der Waals surface area contributed by atoms with Crippen LogP contribution in [0.25, 0.3) is 0 Å². The van der Waals surface area contributed by atoms with Gasteiger partial charge in [-0.1, -0.05) is 6.42 Å². The maximum atomic E-state index is 12.2. The third-order valence-corrected chi connectivity index (χ3v) is 4.38. The Morgan fingerprint density at radius 1 is 1.29 bits per heavy atom. The van der Waals surface area contributed by atoms with Crippen LogP contribution in [0.5, 0.6) is 0 Å². The van der Waals surface area contributed by atoms with Crippen molar-refractivity contribution in [3.05, 3.63) is 0 Å². The fourth-order valence-corrected chi connectivity index (χ4v) is 3.08. The van der Waals surface area contributed by atoms with Crippen molar-refractivity contribution in [1.82, 2.24) is 10.2 Å². The lowest BCUT2D eigenvalue weighted by molar-refractivity contribution is -0.127. The molecule has 1 aliphatic carbocycles. The molecule has 0 spiro atoms. The van der Waals surface area contributed by atoms with Crippen LogP contribution in [0.2, 0.25) is 0 Å². The predicted molar refractivity (Wildman–Crippen MR) is 68.5 cm³/mol. The molecule has 2 rings (SSSR count). The number of hydrogen-bond donors (Lipinski definition) is 2. The van der Waals surface area contributed by atoms with Gasteiger partial charge in [0.05, 0.1) is 0 Å². The van der Waals surface area contributed by atoms with E-state index in [0.717, 1.165) is 32.4 Å². The first-order chi connectivity index (χ1) is 8.20. The molecule has 2 atom stereocenters. The standard InChI is InChI=1S/C13H25N3O/c1-16-7-5-10(6-8-16)13(17)15-12-4-2-3-11(12)9-14/h10-12H,2-9,14H2,1H3,(H,15,17). The van der Waals surface area contributed by atoms with Crippen molar-refractivity contribution in [3.8, 4) is 0 Å². The molecule has 1 saturated heterocycles. The zero-order chi connectivity index (χ0) is 12.3. The summed E-state index contributed by atoms with van der Waals surface area (Å²) >= 11 is 0. The van der Waals surface area contributed by atoms with Crippen molar-refractivity contribution >= 4 is 5.91 Å². The lowest BCUT2D eigenvalue weighted by Crippen LogP contribution is -2.45. The quantitative estimate of drug-likeness (QED) is 0.757. The maximum Gasteiger partial charge on any atom is 0.223 e. The Hall–Kier alpha value is -0.610. The molecule has 0 aromatic rings. The Morgan fingerprint density at radius 3 is 2.65 bits per heavy atom. The molecule has 2 unspecified atom stereocenters. The summed E-state index contributed by atoms with van der Waals surface area (Å²) in [4.78, 5) is 14.4. The molecule has 2 fully saturated rings. The number of rotatable bonds is 3. The largest absolute Gasteiger partial charge is 0.353 e. The van der Waals surface area contributed by atoms with Crippen LogP contribution in [0, 0.1) is 11.8 Å². The highest BCUT2D eigenvalue weighted by Crippen LogP contribution is 2.25. The number of carbonyl (C=O) groups is 1. The van der Waals surface area contributed by atoms with Crippen LogP contribution < -0.4 is 11.1 Å². The van der Waals surface area contributed by atoms with Gasteiger partial charge in [0, 0.05) is 12.0 Å². The molecule has 4 heteroatoms. The lowest BCUT2D eigenvalue weighted by atomic mass is 9.95. The van der Waals surface area contributed by atoms with Gasteiger partial charge in [-0.3, -0.25) is 4.79 Å². The minimum atomic E-state index is 0.227. The minimum absolute atomic E-state index is 0.227. The van der Waals surface area contributed by atoms with Crippen LogP contribution in [0.1, 0.15) is 32.1 Å². The smallest absolute Gasteiger partial charge is 0.223 e. The number of carbonyl (C=O) groups excluding carboxylic acids is 1. The van der Waals surface area contributed by atoms with E-state index in [1.807, 2.05) is 0 Å². The zero-order valence-corrected chi connectivity index (χ0v) is 10.8. The van der Waals surface area contributed by atoms with Gasteiger partial charge in [-0.2, -0.15) is 0 Å². The molecule has 1 aliphatic heterocycles. The molecule has 98 valence electrons. The van der Waals surface area contributed by atoms with Crippen LogP contribution in [-0.2, 0) is 4.79 Å². The van der Waals surface area contributed by atoms with E-state index in [1.54, 1.807) is 0 Å². The van der Waals surface area contributed by atoms with Crippen molar-refractivity contribution in [2.45, 2.75) is 38.1 Å². The highest BCUT2D eigenvalue weighted by molar-refractivity contribution is 5.79. The SMILES string of the molecule is CN1CCC(C(=O)NC2CCCC2CN)CC1. The van der Waals surface area contributed by atoms with Crippen molar-refractivity contribution < 1.29 is 4.79 Å². The van der Waals surface area contributed by atoms with Gasteiger partial charge >= 0.3 is 0 Å². The van der Waals surface area contributed by atoms with E-state index >= 15 is 0 Å². The third-order valence-electron chi connectivity index (χ3n) is 4.38. The molecule has 17 heavy (non-hydrogen) atoms. The van der Waals surface area contributed by atoms with Crippen molar-refractivity contribution in [3.63, 3.8) is 0 Å². The van der Waals surface area contributed by atoms with Gasteiger partial charge in [0.15, 0.2) is 0 Å². The molecule has 0 aromatic carbocycles. The van der Waals surface area contributed by atoms with Crippen molar-refractivity contribution in [2.75, 3.05) is 26.7 Å². The zero-order valence-electron chi connectivity index (χ0n) is 10.8. The average Bonchev–Trinajstić information content (AvgIpc) is 2.77. The number of piperidine rings is 1. The third kappa shape index (κ3) is 3.19. The van der Waals surface area contributed by atoms with Gasteiger partial charge in [0.25, 0.3) is 0 Å². The second kappa shape index (κ2) is 5.83. The van der Waals surface area contributed by atoms with Gasteiger partial charge in [0.2, 0.25) is 5.91 Å². The molecule has 0 aromatic heterocycles. The van der Waals surface area contributed by atoms with Crippen molar-refractivity contribution in [2.24, 2.45) is 17.6 Å². The Bertz CT molecular complexity index is 261. The monoisotopic (exact) mass is 239 g/mol. The fourth-order valence-electron chi connectivity index (χ4n) is 3.08. The first kappa shape index (κ1) is 12.8. The average molecular weight is 239 g/mol. The van der Waals surface area contributed by atoms with Gasteiger partial charge in [0.1, 0.15) is 0 Å². The minimum Gasteiger partial charge on any atom is -0.353 e. The molecular formula is C13H25N3O. The summed E-state index contributed by atoms with van der Waals surface area (Å²) in [5.74, 6) is 0.999. The van der Waals surface area contributed by atoms with E-state index in [1.165, 1.54) is 12.8 Å². The lowest BCUT2D eigenvalue weighted by Gasteiger charge is -2.29. The molecule has 2 aliphatic rings. The van der Waals surface area contributed by atoms with E-state index < -0.39 is 0 Å². The van der Waals surface area contributed by atoms with E-state index in [4.69, 9.17) is 5.73 Å². The number of hydrogen-bond acceptors (Lipinski definition) is 3. The molecule has 4 nitrogen and oxygen atoms in total. The second-order valence-corrected chi connectivity index (χ2v) is 5.62. The Labute approximate surface area is 104 Å². The number of amides is 1. The summed E-state index contributed by atoms with van der Waals surface area (Å²) in [6.45, 7) is 2.80. The molecule has 1 heterocycles. The molecule has 1 saturated carbocycles. The highest BCUT2D eigenvalue weighted by atomic mass is 16.1. The first-order valence-electron chi connectivity index (χ1n) is 6.89. The molecule has 0 radical (unpaired) electrons. The summed E-state index contributed by atoms with van der Waals surface area (Å²) in [7, 11) is 2.12. The van der Waals surface area contributed by atoms with Crippen LogP contribution in [0.4, 0.5) is 0 Å². The van der Waals surface area contributed by atoms with Crippen molar-refractivity contribution in [1.29, 1.82) is 0 Å². The van der Waals surface area contributed by atoms with E-state index in [2.05, 4.69) is 17.3 Å². The van der Waals surface area contributed by atoms with Gasteiger partial charge in [-0.25, -0.2) is 0 Å². The van der Waals surface area contributed by atoms with Crippen LogP contribution in [0.15, 0.2) is 0 Å². The van der Waals surface area contributed by atoms with Gasteiger partial charge in [-0.05, 0) is 58.3 Å². The Balaban J connectivity index is 1.80. The van der Waals surface area contributed by atoms with Crippen LogP contribution in [0.3, 0.4) is 0 Å². The predicted octanol–water partition coefficient (Wildman–Crippen LogP) is 0.572. The Morgan fingerprint density at radius 2 is 2.00 bits per heavy atom. The van der Waals surface area contributed by atoms with Crippen LogP contribution >= 0.6 is 0 Å². The molecular weight excluding hydrogens is 214 g/mol. The molecule has 0 bridgehead atoms. The fraction of sp³-hybridized carbons (Fsp3) is 0.923. The number of likely N-dealkylation sites (tertiary alicyclic amines) is 1. The summed E-state index contributed by atoms with van der Waals surface area (Å²) in [6, 6.07) is 0.340. The first-order valence-corrected chi connectivity index (χ1v) is 6.89. The summed E-state index contributed by atoms with van der Waals surface area (Å²) in [5.41, 5.74) is 5.74. The van der Waals surface area contributed by atoms with Gasteiger partial charge < -0.3 is 16.0 Å². The molecule has 1 amide bonds. The van der Waals surface area contributed by atoms with Gasteiger partial charge in [-0.15, -0.1) is 0 Å². The summed E-state index contributed by atoms with van der Waals surface area (Å²) < 4.78 is 0. The number of nitrogens with two attached hydrogens (primary N) is 1. The number of nitrogens with zero attached hydrogens (tertiary/aromatic N) is 1. The van der Waals surface area contributed by atoms with E-state index in [0.29, 0.717) is 18.5 Å². The summed E-state index contributed by atoms with van der Waals surface area (Å²) in [5, 5.41) is 3.23. The topological polar surface area (TPSA) is 58.4 Å². The maximum absolute atomic E-state index is 12.2. The summed E-state index contributed by atoms with van der Waals surface area (Å²) in [6.07, 6.45) is 5.50. The normalized spacial score (nSPS) is 31.6. The van der Waals surface area contributed by atoms with Crippen LogP contribution in [-0.4, -0.2) is 43.5 Å². The molecule has 3 N–H and O–H groups in total.